The van der Waals surface area contributed by atoms with E-state index in [0.29, 0.717) is 56.6 Å². The fourth-order valence-corrected chi connectivity index (χ4v) is 6.47. The first-order valence-electron chi connectivity index (χ1n) is 11.5. The van der Waals surface area contributed by atoms with Crippen LogP contribution in [-0.4, -0.2) is 53.1 Å². The second-order valence-corrected chi connectivity index (χ2v) is 11.1. The molecule has 2 aliphatic heterocycles. The van der Waals surface area contributed by atoms with Crippen molar-refractivity contribution in [2.24, 2.45) is 5.92 Å². The quantitative estimate of drug-likeness (QED) is 0.525. The van der Waals surface area contributed by atoms with Crippen LogP contribution in [0.25, 0.3) is 11.4 Å². The highest BCUT2D eigenvalue weighted by Gasteiger charge is 2.42. The van der Waals surface area contributed by atoms with E-state index in [-0.39, 0.29) is 16.9 Å². The average Bonchev–Trinajstić information content (AvgIpc) is 3.30. The molecule has 2 fully saturated rings. The van der Waals surface area contributed by atoms with Gasteiger partial charge in [0.15, 0.2) is 0 Å². The number of rotatable bonds is 6. The molecule has 4 heterocycles. The standard InChI is InChI=1S/C24H27FN4O4S/c25-21-6-2-1-4-20(21)17-34(30,31)29-11-8-24(9-12-29)15-18(7-13-32-24)14-22-27-23(28-33-22)19-5-3-10-26-16-19/h1-6,10,16,18H,7-9,11-15,17H2. The fourth-order valence-electron chi connectivity index (χ4n) is 4.92. The molecular formula is C24H27FN4O4S. The van der Waals surface area contributed by atoms with E-state index in [0.717, 1.165) is 18.4 Å². The summed E-state index contributed by atoms with van der Waals surface area (Å²) in [6.45, 7) is 1.36. The summed E-state index contributed by atoms with van der Waals surface area (Å²) in [5.41, 5.74) is 0.658. The molecule has 0 N–H and O–H groups in total. The van der Waals surface area contributed by atoms with Crippen molar-refractivity contribution in [3.8, 4) is 11.4 Å². The number of pyridine rings is 1. The Bertz CT molecular complexity index is 1230. The normalized spacial score (nSPS) is 21.0. The molecule has 1 spiro atoms. The molecule has 1 atom stereocenters. The first-order valence-corrected chi connectivity index (χ1v) is 13.1. The van der Waals surface area contributed by atoms with E-state index in [1.54, 1.807) is 24.5 Å². The Morgan fingerprint density at radius 3 is 2.74 bits per heavy atom. The highest BCUT2D eigenvalue weighted by Crippen LogP contribution is 2.39. The van der Waals surface area contributed by atoms with Gasteiger partial charge in [-0.1, -0.05) is 23.4 Å². The maximum absolute atomic E-state index is 14.0. The van der Waals surface area contributed by atoms with Gasteiger partial charge in [-0.15, -0.1) is 0 Å². The first-order chi connectivity index (χ1) is 16.4. The van der Waals surface area contributed by atoms with E-state index >= 15 is 0 Å². The molecule has 180 valence electrons. The Balaban J connectivity index is 1.19. The van der Waals surface area contributed by atoms with Crippen LogP contribution < -0.4 is 0 Å². The summed E-state index contributed by atoms with van der Waals surface area (Å²) in [6.07, 6.45) is 7.00. The number of sulfonamides is 1. The zero-order valence-electron chi connectivity index (χ0n) is 18.8. The molecule has 2 aliphatic rings. The Hall–Kier alpha value is -2.69. The van der Waals surface area contributed by atoms with Crippen LogP contribution in [0, 0.1) is 11.7 Å². The number of halogens is 1. The Morgan fingerprint density at radius 2 is 1.97 bits per heavy atom. The van der Waals surface area contributed by atoms with Gasteiger partial charge in [-0.25, -0.2) is 17.1 Å². The molecule has 1 unspecified atom stereocenters. The molecule has 0 amide bonds. The number of piperidine rings is 1. The van der Waals surface area contributed by atoms with Gasteiger partial charge in [-0.3, -0.25) is 4.98 Å². The third-order valence-electron chi connectivity index (χ3n) is 6.77. The van der Waals surface area contributed by atoms with Gasteiger partial charge < -0.3 is 9.26 Å². The van der Waals surface area contributed by atoms with Crippen LogP contribution in [0.5, 0.6) is 0 Å². The molecule has 3 aromatic rings. The number of ether oxygens (including phenoxy) is 1. The van der Waals surface area contributed by atoms with E-state index in [1.807, 2.05) is 12.1 Å². The SMILES string of the molecule is O=S(=O)(Cc1ccccc1F)N1CCC2(CC1)CC(Cc1nc(-c3cccnc3)no1)CCO2. The second kappa shape index (κ2) is 9.52. The van der Waals surface area contributed by atoms with E-state index in [4.69, 9.17) is 9.26 Å². The highest BCUT2D eigenvalue weighted by atomic mass is 32.2. The zero-order chi connectivity index (χ0) is 23.6. The molecular weight excluding hydrogens is 459 g/mol. The molecule has 2 aromatic heterocycles. The summed E-state index contributed by atoms with van der Waals surface area (Å²) in [4.78, 5) is 8.61. The van der Waals surface area contributed by atoms with Crippen LogP contribution in [0.4, 0.5) is 4.39 Å². The summed E-state index contributed by atoms with van der Waals surface area (Å²) in [5.74, 6) is 0.611. The van der Waals surface area contributed by atoms with Gasteiger partial charge in [0.25, 0.3) is 0 Å². The summed E-state index contributed by atoms with van der Waals surface area (Å²) in [6, 6.07) is 9.73. The van der Waals surface area contributed by atoms with E-state index in [9.17, 15) is 12.8 Å². The van der Waals surface area contributed by atoms with Crippen LogP contribution >= 0.6 is 0 Å². The molecule has 34 heavy (non-hydrogen) atoms. The van der Waals surface area contributed by atoms with Crippen molar-refractivity contribution in [2.45, 2.75) is 43.5 Å². The first kappa shape index (κ1) is 23.1. The molecule has 10 heteroatoms. The van der Waals surface area contributed by atoms with Crippen LogP contribution in [-0.2, 0) is 26.9 Å². The van der Waals surface area contributed by atoms with Crippen molar-refractivity contribution in [3.63, 3.8) is 0 Å². The van der Waals surface area contributed by atoms with E-state index in [2.05, 4.69) is 15.1 Å². The fraction of sp³-hybridized carbons (Fsp3) is 0.458. The highest BCUT2D eigenvalue weighted by molar-refractivity contribution is 7.88. The van der Waals surface area contributed by atoms with Gasteiger partial charge in [-0.2, -0.15) is 4.98 Å². The zero-order valence-corrected chi connectivity index (χ0v) is 19.6. The van der Waals surface area contributed by atoms with Gasteiger partial charge in [0.05, 0.1) is 11.4 Å². The summed E-state index contributed by atoms with van der Waals surface area (Å²) >= 11 is 0. The maximum atomic E-state index is 14.0. The van der Waals surface area contributed by atoms with Crippen molar-refractivity contribution in [1.29, 1.82) is 0 Å². The number of aromatic nitrogens is 3. The lowest BCUT2D eigenvalue weighted by molar-refractivity contribution is -0.121. The monoisotopic (exact) mass is 486 g/mol. The van der Waals surface area contributed by atoms with Crippen molar-refractivity contribution < 1.29 is 22.1 Å². The minimum absolute atomic E-state index is 0.196. The number of hydrogen-bond acceptors (Lipinski definition) is 7. The maximum Gasteiger partial charge on any atom is 0.227 e. The largest absolute Gasteiger partial charge is 0.375 e. The molecule has 0 saturated carbocycles. The van der Waals surface area contributed by atoms with Crippen LogP contribution in [0.15, 0.2) is 53.3 Å². The predicted molar refractivity (Wildman–Crippen MR) is 122 cm³/mol. The van der Waals surface area contributed by atoms with Gasteiger partial charge in [0.1, 0.15) is 5.82 Å². The predicted octanol–water partition coefficient (Wildman–Crippen LogP) is 3.60. The lowest BCUT2D eigenvalue weighted by Gasteiger charge is -2.45. The van der Waals surface area contributed by atoms with Crippen LogP contribution in [0.2, 0.25) is 0 Å². The number of nitrogens with zero attached hydrogens (tertiary/aromatic N) is 4. The Labute approximate surface area is 198 Å². The minimum atomic E-state index is -3.60. The molecule has 0 radical (unpaired) electrons. The topological polar surface area (TPSA) is 98.4 Å². The summed E-state index contributed by atoms with van der Waals surface area (Å²) < 4.78 is 52.9. The molecule has 1 aromatic carbocycles. The van der Waals surface area contributed by atoms with Gasteiger partial charge in [0.2, 0.25) is 21.7 Å². The molecule has 8 nitrogen and oxygen atoms in total. The van der Waals surface area contributed by atoms with E-state index in [1.165, 1.54) is 16.4 Å². The van der Waals surface area contributed by atoms with Crippen molar-refractivity contribution in [1.82, 2.24) is 19.4 Å². The summed E-state index contributed by atoms with van der Waals surface area (Å²) in [7, 11) is -3.60. The van der Waals surface area contributed by atoms with Gasteiger partial charge in [-0.05, 0) is 49.8 Å². The molecule has 0 aliphatic carbocycles. The van der Waals surface area contributed by atoms with Crippen LogP contribution in [0.3, 0.4) is 0 Å². The average molecular weight is 487 g/mol. The lowest BCUT2D eigenvalue weighted by Crippen LogP contribution is -2.51. The second-order valence-electron chi connectivity index (χ2n) is 9.09. The van der Waals surface area contributed by atoms with Crippen LogP contribution in [0.1, 0.15) is 37.1 Å². The lowest BCUT2D eigenvalue weighted by atomic mass is 9.79. The van der Waals surface area contributed by atoms with Gasteiger partial charge in [0, 0.05) is 49.6 Å². The molecule has 0 bridgehead atoms. The smallest absolute Gasteiger partial charge is 0.227 e. The third kappa shape index (κ3) is 5.03. The van der Waals surface area contributed by atoms with E-state index < -0.39 is 15.8 Å². The van der Waals surface area contributed by atoms with Crippen molar-refractivity contribution in [2.75, 3.05) is 19.7 Å². The van der Waals surface area contributed by atoms with Crippen molar-refractivity contribution in [3.05, 3.63) is 66.1 Å². The van der Waals surface area contributed by atoms with Crippen molar-refractivity contribution >= 4 is 10.0 Å². The third-order valence-corrected chi connectivity index (χ3v) is 8.60. The molecule has 5 rings (SSSR count). The Morgan fingerprint density at radius 1 is 1.15 bits per heavy atom. The minimum Gasteiger partial charge on any atom is -0.375 e. The van der Waals surface area contributed by atoms with Gasteiger partial charge >= 0.3 is 0 Å². The Kier molecular flexibility index (Phi) is 6.46. The summed E-state index contributed by atoms with van der Waals surface area (Å²) in [5, 5.41) is 4.08. The number of hydrogen-bond donors (Lipinski definition) is 0. The number of benzene rings is 1. The molecule has 2 saturated heterocycles.